The van der Waals surface area contributed by atoms with E-state index in [9.17, 15) is 13.6 Å². The highest BCUT2D eigenvalue weighted by Crippen LogP contribution is 2.08. The summed E-state index contributed by atoms with van der Waals surface area (Å²) < 4.78 is 27.3. The Labute approximate surface area is 88.3 Å². The van der Waals surface area contributed by atoms with Crippen LogP contribution in [0, 0.1) is 6.92 Å². The van der Waals surface area contributed by atoms with Gasteiger partial charge in [0, 0.05) is 6.54 Å². The Morgan fingerprint density at radius 1 is 1.67 bits per heavy atom. The van der Waals surface area contributed by atoms with Crippen LogP contribution in [0.3, 0.4) is 0 Å². The summed E-state index contributed by atoms with van der Waals surface area (Å²) in [5, 5.41) is 14.5. The first-order valence-corrected chi connectivity index (χ1v) is 4.83. The molecule has 0 radical (unpaired) electrons. The molecule has 15 heavy (non-hydrogen) atoms. The number of alkyl halides is 2. The first kappa shape index (κ1) is 11.9. The van der Waals surface area contributed by atoms with E-state index in [1.165, 1.54) is 0 Å². The number of hydrogen-bond donors (Lipinski definition) is 2. The predicted octanol–water partition coefficient (Wildman–Crippen LogP) is 0.202. The number of aliphatic hydroxyl groups is 1. The van der Waals surface area contributed by atoms with Gasteiger partial charge in [0.15, 0.2) is 0 Å². The molecule has 0 aromatic carbocycles. The Bertz CT molecular complexity index is 345. The van der Waals surface area contributed by atoms with E-state index in [0.29, 0.717) is 5.69 Å². The summed E-state index contributed by atoms with van der Waals surface area (Å²) >= 11 is 0.875. The van der Waals surface area contributed by atoms with Crippen molar-refractivity contribution in [2.75, 3.05) is 6.54 Å². The topological polar surface area (TPSA) is 75.1 Å². The number of carbonyl (C=O) groups excluding carboxylic acids is 1. The molecule has 1 rings (SSSR count). The number of amides is 1. The van der Waals surface area contributed by atoms with Gasteiger partial charge >= 0.3 is 0 Å². The van der Waals surface area contributed by atoms with E-state index in [-0.39, 0.29) is 4.88 Å². The predicted molar refractivity (Wildman–Crippen MR) is 49.0 cm³/mol. The van der Waals surface area contributed by atoms with Crippen molar-refractivity contribution in [2.24, 2.45) is 0 Å². The van der Waals surface area contributed by atoms with Gasteiger partial charge in [-0.2, -0.15) is 0 Å². The van der Waals surface area contributed by atoms with Crippen LogP contribution in [-0.4, -0.2) is 39.7 Å². The fraction of sp³-hybridized carbons (Fsp3) is 0.571. The number of nitrogens with zero attached hydrogens (tertiary/aromatic N) is 2. The van der Waals surface area contributed by atoms with Crippen molar-refractivity contribution in [3.8, 4) is 0 Å². The molecule has 0 bridgehead atoms. The molecule has 0 aliphatic rings. The molecule has 0 saturated carbocycles. The van der Waals surface area contributed by atoms with Crippen molar-refractivity contribution in [3.05, 3.63) is 10.6 Å². The van der Waals surface area contributed by atoms with Crippen molar-refractivity contribution >= 4 is 17.4 Å². The van der Waals surface area contributed by atoms with Gasteiger partial charge in [-0.1, -0.05) is 4.49 Å². The Morgan fingerprint density at radius 3 is 2.80 bits per heavy atom. The van der Waals surface area contributed by atoms with Gasteiger partial charge < -0.3 is 10.4 Å². The Hall–Kier alpha value is -1.15. The average Bonchev–Trinajstić information content (AvgIpc) is 2.60. The van der Waals surface area contributed by atoms with Gasteiger partial charge in [0.25, 0.3) is 12.3 Å². The second kappa shape index (κ2) is 5.08. The number of hydrogen-bond acceptors (Lipinski definition) is 5. The lowest BCUT2D eigenvalue weighted by molar-refractivity contribution is -0.00268. The highest BCUT2D eigenvalue weighted by molar-refractivity contribution is 7.07. The highest BCUT2D eigenvalue weighted by atomic mass is 32.1. The number of aryl methyl sites for hydroxylation is 1. The quantitative estimate of drug-likeness (QED) is 0.784. The number of aliphatic hydroxyl groups excluding tert-OH is 1. The van der Waals surface area contributed by atoms with Crippen molar-refractivity contribution < 1.29 is 18.7 Å². The molecular formula is C7H9F2N3O2S. The smallest absolute Gasteiger partial charge is 0.265 e. The SMILES string of the molecule is Cc1nnsc1C(=O)NCC(O)C(F)F. The second-order valence-electron chi connectivity index (χ2n) is 2.80. The van der Waals surface area contributed by atoms with Crippen LogP contribution in [0.15, 0.2) is 0 Å². The van der Waals surface area contributed by atoms with E-state index in [1.54, 1.807) is 6.92 Å². The summed E-state index contributed by atoms with van der Waals surface area (Å²) in [5.41, 5.74) is 0.434. The summed E-state index contributed by atoms with van der Waals surface area (Å²) in [6.45, 7) is 1.09. The molecule has 0 saturated heterocycles. The minimum atomic E-state index is -2.87. The second-order valence-corrected chi connectivity index (χ2v) is 3.55. The molecule has 1 aromatic heterocycles. The first-order valence-electron chi connectivity index (χ1n) is 4.05. The number of halogens is 2. The van der Waals surface area contributed by atoms with Crippen LogP contribution in [0.4, 0.5) is 8.78 Å². The molecule has 1 aromatic rings. The molecule has 1 amide bonds. The fourth-order valence-electron chi connectivity index (χ4n) is 0.806. The van der Waals surface area contributed by atoms with E-state index in [2.05, 4.69) is 14.9 Å². The van der Waals surface area contributed by atoms with E-state index in [0.717, 1.165) is 11.5 Å². The molecule has 2 N–H and O–H groups in total. The van der Waals surface area contributed by atoms with Gasteiger partial charge in [0.2, 0.25) is 0 Å². The maximum Gasteiger partial charge on any atom is 0.265 e. The monoisotopic (exact) mass is 237 g/mol. The number of carbonyl (C=O) groups is 1. The lowest BCUT2D eigenvalue weighted by Crippen LogP contribution is -2.35. The minimum absolute atomic E-state index is 0.261. The summed E-state index contributed by atoms with van der Waals surface area (Å²) in [7, 11) is 0. The Balaban J connectivity index is 2.47. The molecule has 84 valence electrons. The van der Waals surface area contributed by atoms with Crippen molar-refractivity contribution in [3.63, 3.8) is 0 Å². The third-order valence-corrected chi connectivity index (χ3v) is 2.45. The molecule has 5 nitrogen and oxygen atoms in total. The van der Waals surface area contributed by atoms with E-state index in [1.807, 2.05) is 0 Å². The number of aromatic nitrogens is 2. The summed E-state index contributed by atoms with van der Waals surface area (Å²) in [6, 6.07) is 0. The van der Waals surface area contributed by atoms with Crippen LogP contribution >= 0.6 is 11.5 Å². The zero-order valence-corrected chi connectivity index (χ0v) is 8.59. The van der Waals surface area contributed by atoms with Crippen LogP contribution in [0.5, 0.6) is 0 Å². The molecule has 0 aliphatic heterocycles. The summed E-state index contributed by atoms with van der Waals surface area (Å²) in [4.78, 5) is 11.6. The van der Waals surface area contributed by atoms with Crippen LogP contribution in [-0.2, 0) is 0 Å². The largest absolute Gasteiger partial charge is 0.385 e. The summed E-state index contributed by atoms with van der Waals surface area (Å²) in [5.74, 6) is -0.554. The third-order valence-electron chi connectivity index (χ3n) is 1.62. The van der Waals surface area contributed by atoms with Gasteiger partial charge in [-0.15, -0.1) is 5.10 Å². The molecule has 0 spiro atoms. The van der Waals surface area contributed by atoms with Crippen molar-refractivity contribution in [1.29, 1.82) is 0 Å². The van der Waals surface area contributed by atoms with Gasteiger partial charge in [-0.25, -0.2) is 8.78 Å². The molecule has 0 aliphatic carbocycles. The first-order chi connectivity index (χ1) is 7.02. The van der Waals surface area contributed by atoms with Crippen LogP contribution < -0.4 is 5.32 Å². The fourth-order valence-corrected chi connectivity index (χ4v) is 1.38. The number of rotatable bonds is 4. The van der Waals surface area contributed by atoms with E-state index >= 15 is 0 Å². The van der Waals surface area contributed by atoms with E-state index < -0.39 is 25.0 Å². The van der Waals surface area contributed by atoms with E-state index in [4.69, 9.17) is 5.11 Å². The normalized spacial score (nSPS) is 12.9. The van der Waals surface area contributed by atoms with Gasteiger partial charge in [-0.3, -0.25) is 4.79 Å². The molecule has 8 heteroatoms. The average molecular weight is 237 g/mol. The molecule has 1 unspecified atom stereocenters. The molecular weight excluding hydrogens is 228 g/mol. The Kier molecular flexibility index (Phi) is 4.04. The molecule has 1 atom stereocenters. The lowest BCUT2D eigenvalue weighted by Gasteiger charge is -2.09. The minimum Gasteiger partial charge on any atom is -0.385 e. The zero-order valence-electron chi connectivity index (χ0n) is 7.78. The van der Waals surface area contributed by atoms with Gasteiger partial charge in [0.05, 0.1) is 5.69 Å². The van der Waals surface area contributed by atoms with Gasteiger partial charge in [0.1, 0.15) is 11.0 Å². The standard InChI is InChI=1S/C7H9F2N3O2S/c1-3-5(15-12-11-3)7(14)10-2-4(13)6(8)9/h4,6,13H,2H2,1H3,(H,10,14). The highest BCUT2D eigenvalue weighted by Gasteiger charge is 2.19. The van der Waals surface area contributed by atoms with Crippen molar-refractivity contribution in [2.45, 2.75) is 19.5 Å². The van der Waals surface area contributed by atoms with Crippen LogP contribution in [0.2, 0.25) is 0 Å². The third kappa shape index (κ3) is 3.17. The number of nitrogens with one attached hydrogen (secondary N) is 1. The van der Waals surface area contributed by atoms with Crippen molar-refractivity contribution in [1.82, 2.24) is 14.9 Å². The Morgan fingerprint density at radius 2 is 2.33 bits per heavy atom. The van der Waals surface area contributed by atoms with Crippen LogP contribution in [0.25, 0.3) is 0 Å². The zero-order chi connectivity index (χ0) is 11.4. The molecule has 1 heterocycles. The van der Waals surface area contributed by atoms with Gasteiger partial charge in [-0.05, 0) is 18.5 Å². The van der Waals surface area contributed by atoms with Crippen LogP contribution in [0.1, 0.15) is 15.4 Å². The maximum absolute atomic E-state index is 11.9. The maximum atomic E-state index is 11.9. The lowest BCUT2D eigenvalue weighted by atomic mass is 10.3. The molecule has 0 fully saturated rings. The summed E-state index contributed by atoms with van der Waals surface area (Å²) in [6.07, 6.45) is -4.72.